The van der Waals surface area contributed by atoms with Crippen molar-refractivity contribution in [3.05, 3.63) is 147 Å². The number of rotatable bonds is 7. The molecule has 208 valence electrons. The van der Waals surface area contributed by atoms with Gasteiger partial charge in [0.2, 0.25) is 5.82 Å². The second-order valence-corrected chi connectivity index (χ2v) is 9.87. The Hall–Kier alpha value is -6.09. The molecule has 0 unspecified atom stereocenters. The van der Waals surface area contributed by atoms with Crippen molar-refractivity contribution in [2.45, 2.75) is 6.61 Å². The number of nitro benzene ring substituents is 1. The largest absolute Gasteiger partial charge is 0.488 e. The number of fused-ring (bicyclic) bond motifs is 3. The number of non-ortho nitro benzene ring substituents is 1. The van der Waals surface area contributed by atoms with Crippen LogP contribution in [0.3, 0.4) is 0 Å². The van der Waals surface area contributed by atoms with E-state index in [9.17, 15) is 14.9 Å². The molecule has 0 amide bonds. The monoisotopic (exact) mass is 566 g/mol. The fourth-order valence-electron chi connectivity index (χ4n) is 5.06. The number of nitrogens with zero attached hydrogens (tertiary/aromatic N) is 4. The zero-order valence-corrected chi connectivity index (χ0v) is 22.6. The Bertz CT molecular complexity index is 2230. The van der Waals surface area contributed by atoms with Crippen LogP contribution in [0.1, 0.15) is 11.1 Å². The van der Waals surface area contributed by atoms with Gasteiger partial charge in [-0.15, -0.1) is 0 Å². The molecule has 0 atom stereocenters. The molecule has 7 rings (SSSR count). The summed E-state index contributed by atoms with van der Waals surface area (Å²) in [6, 6.07) is 34.4. The van der Waals surface area contributed by atoms with Crippen molar-refractivity contribution >= 4 is 44.5 Å². The first-order valence-corrected chi connectivity index (χ1v) is 13.5. The molecule has 0 saturated heterocycles. The number of nitro groups is 1. The van der Waals surface area contributed by atoms with Crippen LogP contribution >= 0.6 is 0 Å². The molecule has 7 aromatic rings. The molecule has 2 heterocycles. The second-order valence-electron chi connectivity index (χ2n) is 9.87. The maximum absolute atomic E-state index is 13.7. The molecule has 0 spiro atoms. The Balaban J connectivity index is 1.33. The number of hydrogen-bond donors (Lipinski definition) is 0. The average Bonchev–Trinajstić information content (AvgIpc) is 3.48. The van der Waals surface area contributed by atoms with Crippen LogP contribution in [-0.4, -0.2) is 20.8 Å². The van der Waals surface area contributed by atoms with E-state index < -0.39 is 10.5 Å². The van der Waals surface area contributed by atoms with Crippen LogP contribution in [0.2, 0.25) is 0 Å². The Kier molecular flexibility index (Phi) is 6.44. The topological polar surface area (TPSA) is 113 Å². The molecular formula is C34H22N4O5. The molecule has 0 fully saturated rings. The summed E-state index contributed by atoms with van der Waals surface area (Å²) in [6.45, 7) is 0.224. The molecule has 9 nitrogen and oxygen atoms in total. The Labute approximate surface area is 244 Å². The number of hydrogen-bond acceptors (Lipinski definition) is 7. The first kappa shape index (κ1) is 25.8. The van der Waals surface area contributed by atoms with E-state index in [0.29, 0.717) is 33.6 Å². The summed E-state index contributed by atoms with van der Waals surface area (Å²) < 4.78 is 13.4. The van der Waals surface area contributed by atoms with E-state index in [2.05, 4.69) is 5.10 Å². The normalized spacial score (nSPS) is 11.5. The van der Waals surface area contributed by atoms with E-state index in [1.807, 2.05) is 66.7 Å². The van der Waals surface area contributed by atoms with Gasteiger partial charge >= 0.3 is 0 Å². The quantitative estimate of drug-likeness (QED) is 0.113. The highest BCUT2D eigenvalue weighted by atomic mass is 16.6. The Morgan fingerprint density at radius 1 is 0.860 bits per heavy atom. The van der Waals surface area contributed by atoms with Gasteiger partial charge in [0.25, 0.3) is 11.2 Å². The van der Waals surface area contributed by atoms with Crippen LogP contribution in [0.4, 0.5) is 5.69 Å². The first-order chi connectivity index (χ1) is 21.0. The van der Waals surface area contributed by atoms with Gasteiger partial charge in [-0.25, -0.2) is 4.98 Å². The van der Waals surface area contributed by atoms with Crippen molar-refractivity contribution in [2.24, 2.45) is 5.10 Å². The zero-order valence-electron chi connectivity index (χ0n) is 22.6. The van der Waals surface area contributed by atoms with E-state index in [0.717, 1.165) is 26.4 Å². The van der Waals surface area contributed by atoms with Crippen molar-refractivity contribution in [1.29, 1.82) is 0 Å². The predicted octanol–water partition coefficient (Wildman–Crippen LogP) is 7.33. The van der Waals surface area contributed by atoms with E-state index in [-0.39, 0.29) is 18.1 Å². The summed E-state index contributed by atoms with van der Waals surface area (Å²) in [6.07, 6.45) is 1.37. The van der Waals surface area contributed by atoms with E-state index >= 15 is 0 Å². The smallest absolute Gasteiger partial charge is 0.282 e. The minimum absolute atomic E-state index is 0.138. The molecule has 0 aliphatic heterocycles. The van der Waals surface area contributed by atoms with Gasteiger partial charge in [-0.05, 0) is 46.7 Å². The van der Waals surface area contributed by atoms with Gasteiger partial charge in [-0.2, -0.15) is 9.78 Å². The minimum atomic E-state index is -0.491. The number of ether oxygens (including phenoxy) is 1. The average molecular weight is 567 g/mol. The van der Waals surface area contributed by atoms with Gasteiger partial charge in [0.05, 0.1) is 22.0 Å². The van der Waals surface area contributed by atoms with Crippen LogP contribution in [0.5, 0.6) is 5.75 Å². The molecule has 9 heteroatoms. The van der Waals surface area contributed by atoms with Crippen LogP contribution < -0.4 is 10.3 Å². The molecule has 0 aliphatic rings. The van der Waals surface area contributed by atoms with Crippen molar-refractivity contribution in [3.8, 4) is 17.3 Å². The van der Waals surface area contributed by atoms with E-state index in [1.165, 1.54) is 24.4 Å². The molecule has 0 N–H and O–H groups in total. The number of furan rings is 1. The van der Waals surface area contributed by atoms with Crippen molar-refractivity contribution in [1.82, 2.24) is 9.66 Å². The molecule has 0 aliphatic carbocycles. The highest BCUT2D eigenvalue weighted by molar-refractivity contribution is 5.87. The minimum Gasteiger partial charge on any atom is -0.488 e. The maximum Gasteiger partial charge on any atom is 0.282 e. The van der Waals surface area contributed by atoms with E-state index in [1.54, 1.807) is 30.3 Å². The van der Waals surface area contributed by atoms with Crippen molar-refractivity contribution in [2.75, 3.05) is 0 Å². The first-order valence-electron chi connectivity index (χ1n) is 13.5. The van der Waals surface area contributed by atoms with Gasteiger partial charge in [0.15, 0.2) is 5.76 Å². The van der Waals surface area contributed by atoms with Crippen LogP contribution in [0, 0.1) is 10.1 Å². The molecule has 0 saturated carbocycles. The van der Waals surface area contributed by atoms with E-state index in [4.69, 9.17) is 14.1 Å². The maximum atomic E-state index is 13.7. The molecule has 5 aromatic carbocycles. The van der Waals surface area contributed by atoms with Gasteiger partial charge in [-0.3, -0.25) is 14.9 Å². The van der Waals surface area contributed by atoms with Gasteiger partial charge in [0, 0.05) is 23.1 Å². The van der Waals surface area contributed by atoms with Gasteiger partial charge < -0.3 is 9.15 Å². The summed E-state index contributed by atoms with van der Waals surface area (Å²) in [5.41, 5.74) is 1.86. The standard InChI is InChI=1S/C34H22N4O5/c39-34-28-13-4-5-14-29(28)36-33(32-19-23-9-2-6-15-31(23)43-32)37(34)35-20-25-18-26(38(40)41)16-17-30(25)42-21-24-11-7-10-22-8-1-3-12-27(22)24/h1-20H,21H2. The summed E-state index contributed by atoms with van der Waals surface area (Å²) in [5.74, 6) is 0.918. The lowest BCUT2D eigenvalue weighted by atomic mass is 10.1. The fraction of sp³-hybridized carbons (Fsp3) is 0.0294. The Morgan fingerprint density at radius 2 is 1.60 bits per heavy atom. The lowest BCUT2D eigenvalue weighted by molar-refractivity contribution is -0.384. The third-order valence-electron chi connectivity index (χ3n) is 7.18. The summed E-state index contributed by atoms with van der Waals surface area (Å²) in [7, 11) is 0. The lowest BCUT2D eigenvalue weighted by Gasteiger charge is -2.12. The molecule has 0 radical (unpaired) electrons. The number of benzene rings is 5. The predicted molar refractivity (Wildman–Crippen MR) is 166 cm³/mol. The van der Waals surface area contributed by atoms with Crippen molar-refractivity contribution < 1.29 is 14.1 Å². The highest BCUT2D eigenvalue weighted by Gasteiger charge is 2.17. The third kappa shape index (κ3) is 4.89. The van der Waals surface area contributed by atoms with Crippen LogP contribution in [-0.2, 0) is 6.61 Å². The number of para-hydroxylation sites is 2. The Morgan fingerprint density at radius 3 is 2.44 bits per heavy atom. The molecule has 43 heavy (non-hydrogen) atoms. The van der Waals surface area contributed by atoms with Crippen LogP contribution in [0.15, 0.2) is 130 Å². The zero-order chi connectivity index (χ0) is 29.3. The molecule has 2 aromatic heterocycles. The highest BCUT2D eigenvalue weighted by Crippen LogP contribution is 2.28. The third-order valence-corrected chi connectivity index (χ3v) is 7.18. The lowest BCUT2D eigenvalue weighted by Crippen LogP contribution is -2.20. The molecular weight excluding hydrogens is 544 g/mol. The summed E-state index contributed by atoms with van der Waals surface area (Å²) in [5, 5.41) is 19.5. The molecule has 0 bridgehead atoms. The van der Waals surface area contributed by atoms with Gasteiger partial charge in [-0.1, -0.05) is 72.8 Å². The van der Waals surface area contributed by atoms with Gasteiger partial charge in [0.1, 0.15) is 17.9 Å². The summed E-state index contributed by atoms with van der Waals surface area (Å²) >= 11 is 0. The summed E-state index contributed by atoms with van der Waals surface area (Å²) in [4.78, 5) is 29.5. The van der Waals surface area contributed by atoms with Crippen molar-refractivity contribution in [3.63, 3.8) is 0 Å². The SMILES string of the molecule is O=c1c2ccccc2nc(-c2cc3ccccc3o2)n1N=Cc1cc([N+](=O)[O-])ccc1OCc1cccc2ccccc12. The van der Waals surface area contributed by atoms with Crippen LogP contribution in [0.25, 0.3) is 44.2 Å². The fourth-order valence-corrected chi connectivity index (χ4v) is 5.06. The second kappa shape index (κ2) is 10.7. The number of aromatic nitrogens is 2.